The average molecular weight is 274 g/mol. The Morgan fingerprint density at radius 2 is 1.87 bits per heavy atom. The van der Waals surface area contributed by atoms with Crippen molar-refractivity contribution >= 4 is 15.9 Å². The van der Waals surface area contributed by atoms with Gasteiger partial charge in [0.15, 0.2) is 0 Å². The molecule has 0 heterocycles. The highest BCUT2D eigenvalue weighted by Crippen LogP contribution is 2.15. The first kappa shape index (κ1) is 12.6. The summed E-state index contributed by atoms with van der Waals surface area (Å²) in [6, 6.07) is 7.82. The van der Waals surface area contributed by atoms with Crippen molar-refractivity contribution in [3.05, 3.63) is 34.3 Å². The van der Waals surface area contributed by atoms with E-state index >= 15 is 0 Å². The summed E-state index contributed by atoms with van der Waals surface area (Å²) in [5.74, 6) is 0. The number of nitrogens with one attached hydrogen (secondary N) is 1. The second-order valence-corrected chi connectivity index (χ2v) is 4.21. The maximum absolute atomic E-state index is 8.85. The summed E-state index contributed by atoms with van der Waals surface area (Å²) in [7, 11) is 0. The van der Waals surface area contributed by atoms with Crippen LogP contribution in [-0.4, -0.2) is 36.0 Å². The lowest BCUT2D eigenvalue weighted by molar-refractivity contribution is 0.171. The van der Waals surface area contributed by atoms with Gasteiger partial charge in [0, 0.05) is 4.47 Å². The molecule has 0 unspecified atom stereocenters. The molecule has 0 aliphatic rings. The molecule has 0 fully saturated rings. The van der Waals surface area contributed by atoms with Crippen LogP contribution >= 0.6 is 15.9 Å². The first-order valence-electron chi connectivity index (χ1n) is 4.96. The number of aliphatic hydroxyl groups is 2. The number of benzene rings is 1. The van der Waals surface area contributed by atoms with Crippen LogP contribution in [0, 0.1) is 0 Å². The average Bonchev–Trinajstić information content (AvgIpc) is 2.27. The molecule has 0 radical (unpaired) electrons. The molecule has 15 heavy (non-hydrogen) atoms. The Morgan fingerprint density at radius 1 is 1.20 bits per heavy atom. The van der Waals surface area contributed by atoms with Gasteiger partial charge in [-0.3, -0.25) is 0 Å². The summed E-state index contributed by atoms with van der Waals surface area (Å²) in [4.78, 5) is 0. The first-order chi connectivity index (χ1) is 7.27. The minimum atomic E-state index is -0.215. The number of halogens is 1. The van der Waals surface area contributed by atoms with E-state index in [-0.39, 0.29) is 19.3 Å². The molecule has 84 valence electrons. The van der Waals surface area contributed by atoms with Gasteiger partial charge < -0.3 is 15.5 Å². The third kappa shape index (κ3) is 4.30. The minimum Gasteiger partial charge on any atom is -0.395 e. The van der Waals surface area contributed by atoms with Crippen LogP contribution < -0.4 is 5.32 Å². The molecule has 0 amide bonds. The molecule has 1 rings (SSSR count). The predicted molar refractivity (Wildman–Crippen MR) is 63.8 cm³/mol. The quantitative estimate of drug-likeness (QED) is 0.723. The largest absolute Gasteiger partial charge is 0.395 e. The SMILES string of the molecule is OCC(CO)NCCc1ccccc1Br. The van der Waals surface area contributed by atoms with Crippen LogP contribution in [0.3, 0.4) is 0 Å². The van der Waals surface area contributed by atoms with Gasteiger partial charge in [0.2, 0.25) is 0 Å². The standard InChI is InChI=1S/C11H16BrNO2/c12-11-4-2-1-3-9(11)5-6-13-10(7-14)8-15/h1-4,10,13-15H,5-8H2. The Labute approximate surface area is 98.3 Å². The van der Waals surface area contributed by atoms with E-state index in [2.05, 4.69) is 27.3 Å². The van der Waals surface area contributed by atoms with Crippen LogP contribution in [0.15, 0.2) is 28.7 Å². The lowest BCUT2D eigenvalue weighted by Gasteiger charge is -2.13. The summed E-state index contributed by atoms with van der Waals surface area (Å²) >= 11 is 3.47. The number of hydrogen-bond acceptors (Lipinski definition) is 3. The first-order valence-corrected chi connectivity index (χ1v) is 5.75. The van der Waals surface area contributed by atoms with E-state index in [9.17, 15) is 0 Å². The molecule has 0 aliphatic heterocycles. The fourth-order valence-corrected chi connectivity index (χ4v) is 1.78. The van der Waals surface area contributed by atoms with Gasteiger partial charge in [-0.25, -0.2) is 0 Å². The van der Waals surface area contributed by atoms with Crippen LogP contribution in [0.25, 0.3) is 0 Å². The van der Waals surface area contributed by atoms with Crippen LogP contribution in [-0.2, 0) is 6.42 Å². The highest BCUT2D eigenvalue weighted by atomic mass is 79.9. The van der Waals surface area contributed by atoms with Crippen LogP contribution in [0.1, 0.15) is 5.56 Å². The summed E-state index contributed by atoms with van der Waals surface area (Å²) in [6.45, 7) is 0.674. The lowest BCUT2D eigenvalue weighted by Crippen LogP contribution is -2.36. The third-order valence-corrected chi connectivity index (χ3v) is 3.00. The minimum absolute atomic E-state index is 0.0353. The van der Waals surface area contributed by atoms with Crippen molar-refractivity contribution in [2.24, 2.45) is 0 Å². The molecule has 0 bridgehead atoms. The van der Waals surface area contributed by atoms with E-state index in [1.165, 1.54) is 5.56 Å². The molecule has 1 aromatic rings. The molecule has 4 heteroatoms. The Morgan fingerprint density at radius 3 is 2.47 bits per heavy atom. The van der Waals surface area contributed by atoms with Gasteiger partial charge in [-0.2, -0.15) is 0 Å². The van der Waals surface area contributed by atoms with Gasteiger partial charge in [0.05, 0.1) is 19.3 Å². The summed E-state index contributed by atoms with van der Waals surface area (Å²) in [6.07, 6.45) is 0.873. The molecule has 0 aromatic heterocycles. The predicted octanol–water partition coefficient (Wildman–Crippen LogP) is 0.934. The fourth-order valence-electron chi connectivity index (χ4n) is 1.30. The van der Waals surface area contributed by atoms with Crippen molar-refractivity contribution in [1.29, 1.82) is 0 Å². The van der Waals surface area contributed by atoms with Crippen LogP contribution in [0.4, 0.5) is 0 Å². The number of hydrogen-bond donors (Lipinski definition) is 3. The van der Waals surface area contributed by atoms with Crippen LogP contribution in [0.2, 0.25) is 0 Å². The van der Waals surface area contributed by atoms with E-state index in [0.29, 0.717) is 0 Å². The maximum atomic E-state index is 8.85. The Bertz CT molecular complexity index is 290. The summed E-state index contributed by atoms with van der Waals surface area (Å²) in [5, 5.41) is 20.8. The molecular formula is C11H16BrNO2. The van der Waals surface area contributed by atoms with E-state index in [4.69, 9.17) is 10.2 Å². The van der Waals surface area contributed by atoms with Crippen LogP contribution in [0.5, 0.6) is 0 Å². The van der Waals surface area contributed by atoms with Crippen molar-refractivity contribution in [3.63, 3.8) is 0 Å². The fraction of sp³-hybridized carbons (Fsp3) is 0.455. The van der Waals surface area contributed by atoms with Gasteiger partial charge in [-0.1, -0.05) is 34.1 Å². The van der Waals surface area contributed by atoms with Gasteiger partial charge in [-0.05, 0) is 24.6 Å². The van der Waals surface area contributed by atoms with Crippen molar-refractivity contribution < 1.29 is 10.2 Å². The molecule has 0 atom stereocenters. The molecular weight excluding hydrogens is 258 g/mol. The molecule has 0 spiro atoms. The molecule has 0 aliphatic carbocycles. The van der Waals surface area contributed by atoms with Crippen molar-refractivity contribution in [2.75, 3.05) is 19.8 Å². The molecule has 0 saturated carbocycles. The smallest absolute Gasteiger partial charge is 0.0607 e. The van der Waals surface area contributed by atoms with E-state index in [1.54, 1.807) is 0 Å². The zero-order valence-electron chi connectivity index (χ0n) is 8.49. The van der Waals surface area contributed by atoms with Gasteiger partial charge in [0.1, 0.15) is 0 Å². The zero-order chi connectivity index (χ0) is 11.1. The van der Waals surface area contributed by atoms with E-state index in [1.807, 2.05) is 18.2 Å². The van der Waals surface area contributed by atoms with Gasteiger partial charge >= 0.3 is 0 Å². The topological polar surface area (TPSA) is 52.5 Å². The normalized spacial score (nSPS) is 10.9. The molecule has 1 aromatic carbocycles. The molecule has 0 saturated heterocycles. The Balaban J connectivity index is 2.34. The van der Waals surface area contributed by atoms with E-state index in [0.717, 1.165) is 17.4 Å². The second kappa shape index (κ2) is 6.95. The Kier molecular flexibility index (Phi) is 5.86. The van der Waals surface area contributed by atoms with Crippen molar-refractivity contribution in [3.8, 4) is 0 Å². The summed E-state index contributed by atoms with van der Waals surface area (Å²) in [5.41, 5.74) is 1.22. The number of rotatable bonds is 6. The zero-order valence-corrected chi connectivity index (χ0v) is 10.1. The highest BCUT2D eigenvalue weighted by Gasteiger charge is 2.04. The second-order valence-electron chi connectivity index (χ2n) is 3.36. The van der Waals surface area contributed by atoms with Gasteiger partial charge in [-0.15, -0.1) is 0 Å². The van der Waals surface area contributed by atoms with E-state index < -0.39 is 0 Å². The Hall–Kier alpha value is -0.420. The van der Waals surface area contributed by atoms with Gasteiger partial charge in [0.25, 0.3) is 0 Å². The maximum Gasteiger partial charge on any atom is 0.0607 e. The lowest BCUT2D eigenvalue weighted by atomic mass is 10.1. The molecule has 3 N–H and O–H groups in total. The number of aliphatic hydroxyl groups excluding tert-OH is 2. The summed E-state index contributed by atoms with van der Waals surface area (Å²) < 4.78 is 1.09. The van der Waals surface area contributed by atoms with Crippen molar-refractivity contribution in [1.82, 2.24) is 5.32 Å². The highest BCUT2D eigenvalue weighted by molar-refractivity contribution is 9.10. The third-order valence-electron chi connectivity index (χ3n) is 2.23. The monoisotopic (exact) mass is 273 g/mol. The van der Waals surface area contributed by atoms with Crippen molar-refractivity contribution in [2.45, 2.75) is 12.5 Å². The molecule has 3 nitrogen and oxygen atoms in total.